The average molecular weight is 302 g/mol. The summed E-state index contributed by atoms with van der Waals surface area (Å²) in [5.41, 5.74) is 1.67. The Kier molecular flexibility index (Phi) is 4.00. The standard InChI is InChI=1S/C11H18N4O4S/c1-7-10(8(2)13-12-7)14-20(18,19)15-5-3-9(4-6-15)11(16)17/h9,14H,3-6H2,1-2H3,(H,12,13)(H,16,17). The van der Waals surface area contributed by atoms with Crippen LogP contribution in [0.25, 0.3) is 0 Å². The second-order valence-electron chi connectivity index (χ2n) is 4.93. The van der Waals surface area contributed by atoms with Crippen LogP contribution in [0.4, 0.5) is 5.69 Å². The first-order valence-corrected chi connectivity index (χ1v) is 7.77. The number of nitrogens with zero attached hydrogens (tertiary/aromatic N) is 2. The molecular weight excluding hydrogens is 284 g/mol. The zero-order valence-electron chi connectivity index (χ0n) is 11.4. The molecule has 3 N–H and O–H groups in total. The highest BCUT2D eigenvalue weighted by Crippen LogP contribution is 2.23. The number of aryl methyl sites for hydroxylation is 2. The molecule has 1 aromatic rings. The first-order valence-electron chi connectivity index (χ1n) is 6.33. The van der Waals surface area contributed by atoms with Gasteiger partial charge in [0.1, 0.15) is 0 Å². The van der Waals surface area contributed by atoms with E-state index >= 15 is 0 Å². The number of aromatic nitrogens is 2. The fourth-order valence-corrected chi connectivity index (χ4v) is 3.62. The number of aromatic amines is 1. The van der Waals surface area contributed by atoms with Crippen LogP contribution in [0.2, 0.25) is 0 Å². The molecule has 0 saturated carbocycles. The van der Waals surface area contributed by atoms with Gasteiger partial charge in [-0.1, -0.05) is 0 Å². The molecular formula is C11H18N4O4S. The summed E-state index contributed by atoms with van der Waals surface area (Å²) in [4.78, 5) is 10.9. The summed E-state index contributed by atoms with van der Waals surface area (Å²) in [6.45, 7) is 3.86. The van der Waals surface area contributed by atoms with Crippen molar-refractivity contribution in [3.8, 4) is 0 Å². The molecule has 1 fully saturated rings. The van der Waals surface area contributed by atoms with Crippen molar-refractivity contribution in [2.24, 2.45) is 5.92 Å². The molecule has 1 aliphatic rings. The van der Waals surface area contributed by atoms with Gasteiger partial charge in [-0.3, -0.25) is 14.6 Å². The Hall–Kier alpha value is -1.61. The molecule has 0 spiro atoms. The normalized spacial score (nSPS) is 18.1. The minimum atomic E-state index is -3.67. The lowest BCUT2D eigenvalue weighted by atomic mass is 9.99. The van der Waals surface area contributed by atoms with Gasteiger partial charge in [0.2, 0.25) is 0 Å². The molecule has 112 valence electrons. The van der Waals surface area contributed by atoms with Crippen LogP contribution in [0.3, 0.4) is 0 Å². The summed E-state index contributed by atoms with van der Waals surface area (Å²) in [6, 6.07) is 0. The maximum absolute atomic E-state index is 12.3. The third kappa shape index (κ3) is 2.93. The molecule has 1 aliphatic heterocycles. The SMILES string of the molecule is Cc1n[nH]c(C)c1NS(=O)(=O)N1CCC(C(=O)O)CC1. The summed E-state index contributed by atoms with van der Waals surface area (Å²) in [5, 5.41) is 15.6. The summed E-state index contributed by atoms with van der Waals surface area (Å²) in [6.07, 6.45) is 0.666. The summed E-state index contributed by atoms with van der Waals surface area (Å²) >= 11 is 0. The topological polar surface area (TPSA) is 115 Å². The Morgan fingerprint density at radius 1 is 1.40 bits per heavy atom. The molecule has 0 bridgehead atoms. The predicted molar refractivity (Wildman–Crippen MR) is 72.5 cm³/mol. The molecule has 0 aromatic carbocycles. The molecule has 1 aromatic heterocycles. The molecule has 9 heteroatoms. The lowest BCUT2D eigenvalue weighted by molar-refractivity contribution is -0.142. The number of carboxylic acid groups (broad SMARTS) is 1. The third-order valence-electron chi connectivity index (χ3n) is 3.50. The highest BCUT2D eigenvalue weighted by Gasteiger charge is 2.31. The monoisotopic (exact) mass is 302 g/mol. The van der Waals surface area contributed by atoms with Gasteiger partial charge in [-0.2, -0.15) is 17.8 Å². The van der Waals surface area contributed by atoms with Crippen LogP contribution in [0, 0.1) is 19.8 Å². The van der Waals surface area contributed by atoms with E-state index < -0.39 is 22.1 Å². The molecule has 0 atom stereocenters. The predicted octanol–water partition coefficient (Wildman–Crippen LogP) is 0.480. The van der Waals surface area contributed by atoms with Crippen molar-refractivity contribution in [2.45, 2.75) is 26.7 Å². The number of hydrogen-bond donors (Lipinski definition) is 3. The van der Waals surface area contributed by atoms with Crippen molar-refractivity contribution in [3.63, 3.8) is 0 Å². The molecule has 2 rings (SSSR count). The molecule has 0 radical (unpaired) electrons. The molecule has 0 aliphatic carbocycles. The smallest absolute Gasteiger partial charge is 0.306 e. The molecule has 0 unspecified atom stereocenters. The van der Waals surface area contributed by atoms with Crippen LogP contribution in [0.1, 0.15) is 24.2 Å². The number of aliphatic carboxylic acids is 1. The van der Waals surface area contributed by atoms with Gasteiger partial charge in [0.15, 0.2) is 0 Å². The van der Waals surface area contributed by atoms with E-state index in [0.29, 0.717) is 29.9 Å². The van der Waals surface area contributed by atoms with Crippen molar-refractivity contribution >= 4 is 21.9 Å². The Balaban J connectivity index is 2.07. The van der Waals surface area contributed by atoms with Crippen LogP contribution in [0.15, 0.2) is 0 Å². The molecule has 8 nitrogen and oxygen atoms in total. The van der Waals surface area contributed by atoms with Gasteiger partial charge in [0.05, 0.1) is 23.0 Å². The fraction of sp³-hybridized carbons (Fsp3) is 0.636. The van der Waals surface area contributed by atoms with Crippen LogP contribution < -0.4 is 4.72 Å². The number of hydrogen-bond acceptors (Lipinski definition) is 4. The number of rotatable bonds is 4. The largest absolute Gasteiger partial charge is 0.481 e. The van der Waals surface area contributed by atoms with Gasteiger partial charge in [0.25, 0.3) is 0 Å². The van der Waals surface area contributed by atoms with E-state index in [1.54, 1.807) is 13.8 Å². The van der Waals surface area contributed by atoms with Gasteiger partial charge in [-0.15, -0.1) is 0 Å². The van der Waals surface area contributed by atoms with Gasteiger partial charge in [0, 0.05) is 13.1 Å². The Morgan fingerprint density at radius 3 is 2.45 bits per heavy atom. The summed E-state index contributed by atoms with van der Waals surface area (Å²) in [7, 11) is -3.67. The Morgan fingerprint density at radius 2 is 2.00 bits per heavy atom. The van der Waals surface area contributed by atoms with Crippen molar-refractivity contribution in [2.75, 3.05) is 17.8 Å². The lowest BCUT2D eigenvalue weighted by Crippen LogP contribution is -2.43. The minimum absolute atomic E-state index is 0.211. The third-order valence-corrected chi connectivity index (χ3v) is 5.01. The van der Waals surface area contributed by atoms with Gasteiger partial charge < -0.3 is 5.11 Å². The second kappa shape index (κ2) is 5.41. The molecule has 0 amide bonds. The molecule has 2 heterocycles. The molecule has 1 saturated heterocycles. The van der Waals surface area contributed by atoms with Crippen LogP contribution in [0.5, 0.6) is 0 Å². The van der Waals surface area contributed by atoms with Crippen LogP contribution in [-0.4, -0.2) is 47.1 Å². The maximum atomic E-state index is 12.3. The van der Waals surface area contributed by atoms with E-state index in [-0.39, 0.29) is 13.1 Å². The summed E-state index contributed by atoms with van der Waals surface area (Å²) < 4.78 is 28.3. The Labute approximate surface area is 117 Å². The highest BCUT2D eigenvalue weighted by atomic mass is 32.2. The van der Waals surface area contributed by atoms with Gasteiger partial charge in [-0.25, -0.2) is 0 Å². The van der Waals surface area contributed by atoms with Gasteiger partial charge >= 0.3 is 16.2 Å². The first-order chi connectivity index (χ1) is 9.31. The van der Waals surface area contributed by atoms with Crippen LogP contribution in [-0.2, 0) is 15.0 Å². The fourth-order valence-electron chi connectivity index (χ4n) is 2.24. The second-order valence-corrected chi connectivity index (χ2v) is 6.60. The number of H-pyrrole nitrogens is 1. The zero-order valence-corrected chi connectivity index (χ0v) is 12.2. The van der Waals surface area contributed by atoms with E-state index in [1.807, 2.05) is 0 Å². The van der Waals surface area contributed by atoms with Crippen molar-refractivity contribution < 1.29 is 18.3 Å². The summed E-state index contributed by atoms with van der Waals surface area (Å²) in [5.74, 6) is -1.32. The van der Waals surface area contributed by atoms with Crippen molar-refractivity contribution in [1.82, 2.24) is 14.5 Å². The average Bonchev–Trinajstić information content (AvgIpc) is 2.70. The maximum Gasteiger partial charge on any atom is 0.306 e. The lowest BCUT2D eigenvalue weighted by Gasteiger charge is -2.29. The number of nitrogens with one attached hydrogen (secondary N) is 2. The van der Waals surface area contributed by atoms with E-state index in [2.05, 4.69) is 14.9 Å². The van der Waals surface area contributed by atoms with E-state index in [1.165, 1.54) is 4.31 Å². The first kappa shape index (κ1) is 14.8. The molecule has 20 heavy (non-hydrogen) atoms. The number of piperidine rings is 1. The highest BCUT2D eigenvalue weighted by molar-refractivity contribution is 7.90. The van der Waals surface area contributed by atoms with E-state index in [4.69, 9.17) is 5.11 Å². The quantitative estimate of drug-likeness (QED) is 0.748. The number of carbonyl (C=O) groups is 1. The van der Waals surface area contributed by atoms with E-state index in [0.717, 1.165) is 0 Å². The van der Waals surface area contributed by atoms with E-state index in [9.17, 15) is 13.2 Å². The van der Waals surface area contributed by atoms with Crippen molar-refractivity contribution in [3.05, 3.63) is 11.4 Å². The zero-order chi connectivity index (χ0) is 14.9. The van der Waals surface area contributed by atoms with Gasteiger partial charge in [-0.05, 0) is 26.7 Å². The number of anilines is 1. The minimum Gasteiger partial charge on any atom is -0.481 e. The van der Waals surface area contributed by atoms with Crippen LogP contribution >= 0.6 is 0 Å². The Bertz CT molecular complexity index is 582. The number of carboxylic acids is 1. The van der Waals surface area contributed by atoms with Crippen molar-refractivity contribution in [1.29, 1.82) is 0 Å².